The Morgan fingerprint density at radius 2 is 2.12 bits per heavy atom. The molecule has 3 atom stereocenters. The Balaban J connectivity index is 1.62. The number of carbonyl (C=O) groups is 1. The fraction of sp³-hybridized carbons (Fsp3) is 0.917. The summed E-state index contributed by atoms with van der Waals surface area (Å²) in [6.45, 7) is 3.78. The number of ether oxygens (including phenoxy) is 1. The first-order valence-electron chi connectivity index (χ1n) is 6.44. The van der Waals surface area contributed by atoms with Gasteiger partial charge < -0.3 is 15.0 Å². The Morgan fingerprint density at radius 3 is 2.75 bits per heavy atom. The highest BCUT2D eigenvalue weighted by Crippen LogP contribution is 2.27. The van der Waals surface area contributed by atoms with E-state index in [0.29, 0.717) is 18.0 Å². The zero-order valence-corrected chi connectivity index (χ0v) is 9.82. The maximum absolute atomic E-state index is 12.2. The molecule has 0 aromatic carbocycles. The molecule has 0 bridgehead atoms. The SMILES string of the molecule is CC1OCCC1N1CCC(NC2CC2)C1=O. The predicted molar refractivity (Wildman–Crippen MR) is 60.1 cm³/mol. The maximum atomic E-state index is 12.2. The minimum atomic E-state index is 0.0836. The molecule has 4 nitrogen and oxygen atoms in total. The number of nitrogens with zero attached hydrogens (tertiary/aromatic N) is 1. The molecule has 16 heavy (non-hydrogen) atoms. The molecule has 2 heterocycles. The molecule has 2 saturated heterocycles. The lowest BCUT2D eigenvalue weighted by molar-refractivity contribution is -0.132. The molecule has 2 aliphatic heterocycles. The first-order valence-corrected chi connectivity index (χ1v) is 6.44. The van der Waals surface area contributed by atoms with Crippen LogP contribution in [0.4, 0.5) is 0 Å². The van der Waals surface area contributed by atoms with Gasteiger partial charge in [-0.25, -0.2) is 0 Å². The minimum Gasteiger partial charge on any atom is -0.376 e. The monoisotopic (exact) mass is 224 g/mol. The van der Waals surface area contributed by atoms with E-state index in [1.54, 1.807) is 0 Å². The number of nitrogens with one attached hydrogen (secondary N) is 1. The average molecular weight is 224 g/mol. The van der Waals surface area contributed by atoms with Crippen molar-refractivity contribution in [3.63, 3.8) is 0 Å². The van der Waals surface area contributed by atoms with E-state index < -0.39 is 0 Å². The van der Waals surface area contributed by atoms with Gasteiger partial charge in [-0.15, -0.1) is 0 Å². The lowest BCUT2D eigenvalue weighted by Crippen LogP contribution is -2.45. The lowest BCUT2D eigenvalue weighted by Gasteiger charge is -2.26. The van der Waals surface area contributed by atoms with E-state index in [1.165, 1.54) is 12.8 Å². The second kappa shape index (κ2) is 4.00. The molecule has 1 amide bonds. The van der Waals surface area contributed by atoms with Gasteiger partial charge in [-0.1, -0.05) is 0 Å². The first kappa shape index (κ1) is 10.5. The van der Waals surface area contributed by atoms with Crippen LogP contribution in [-0.4, -0.2) is 48.2 Å². The van der Waals surface area contributed by atoms with Crippen LogP contribution in [-0.2, 0) is 9.53 Å². The summed E-state index contributed by atoms with van der Waals surface area (Å²) in [5, 5.41) is 3.44. The summed E-state index contributed by atoms with van der Waals surface area (Å²) >= 11 is 0. The highest BCUT2D eigenvalue weighted by atomic mass is 16.5. The van der Waals surface area contributed by atoms with Crippen LogP contribution in [0.5, 0.6) is 0 Å². The van der Waals surface area contributed by atoms with Crippen LogP contribution in [0, 0.1) is 0 Å². The second-order valence-electron chi connectivity index (χ2n) is 5.25. The number of likely N-dealkylation sites (tertiary alicyclic amines) is 1. The molecule has 0 aromatic rings. The van der Waals surface area contributed by atoms with E-state index in [4.69, 9.17) is 4.74 Å². The van der Waals surface area contributed by atoms with Crippen LogP contribution in [0.25, 0.3) is 0 Å². The first-order chi connectivity index (χ1) is 7.75. The number of carbonyl (C=O) groups excluding carboxylic acids is 1. The third-order valence-corrected chi connectivity index (χ3v) is 3.99. The van der Waals surface area contributed by atoms with Crippen molar-refractivity contribution in [1.29, 1.82) is 0 Å². The van der Waals surface area contributed by atoms with Gasteiger partial charge in [-0.2, -0.15) is 0 Å². The van der Waals surface area contributed by atoms with Crippen LogP contribution in [0.1, 0.15) is 32.6 Å². The van der Waals surface area contributed by atoms with Crippen molar-refractivity contribution in [2.75, 3.05) is 13.2 Å². The summed E-state index contributed by atoms with van der Waals surface area (Å²) in [6, 6.07) is 1.02. The van der Waals surface area contributed by atoms with Crippen molar-refractivity contribution in [1.82, 2.24) is 10.2 Å². The van der Waals surface area contributed by atoms with E-state index in [2.05, 4.69) is 12.2 Å². The molecule has 1 N–H and O–H groups in total. The molecule has 0 aromatic heterocycles. The van der Waals surface area contributed by atoms with Crippen LogP contribution < -0.4 is 5.32 Å². The normalized spacial score (nSPS) is 39.7. The number of amides is 1. The van der Waals surface area contributed by atoms with E-state index in [0.717, 1.165) is 26.0 Å². The number of hydrogen-bond acceptors (Lipinski definition) is 3. The fourth-order valence-electron chi connectivity index (χ4n) is 2.85. The summed E-state index contributed by atoms with van der Waals surface area (Å²) in [7, 11) is 0. The van der Waals surface area contributed by atoms with Gasteiger partial charge >= 0.3 is 0 Å². The van der Waals surface area contributed by atoms with Gasteiger partial charge in [0.15, 0.2) is 0 Å². The van der Waals surface area contributed by atoms with Crippen molar-refractivity contribution >= 4 is 5.91 Å². The quantitative estimate of drug-likeness (QED) is 0.760. The predicted octanol–water partition coefficient (Wildman–Crippen LogP) is 0.517. The van der Waals surface area contributed by atoms with E-state index in [-0.39, 0.29) is 12.1 Å². The largest absolute Gasteiger partial charge is 0.376 e. The van der Waals surface area contributed by atoms with Gasteiger partial charge in [0.25, 0.3) is 0 Å². The molecule has 0 radical (unpaired) electrons. The third-order valence-electron chi connectivity index (χ3n) is 3.99. The van der Waals surface area contributed by atoms with Gasteiger partial charge in [0.05, 0.1) is 18.2 Å². The van der Waals surface area contributed by atoms with E-state index >= 15 is 0 Å². The summed E-state index contributed by atoms with van der Waals surface area (Å²) in [4.78, 5) is 14.2. The van der Waals surface area contributed by atoms with Crippen molar-refractivity contribution in [2.24, 2.45) is 0 Å². The van der Waals surface area contributed by atoms with E-state index in [9.17, 15) is 4.79 Å². The zero-order chi connectivity index (χ0) is 11.1. The molecule has 0 spiro atoms. The highest BCUT2D eigenvalue weighted by Gasteiger charge is 2.41. The van der Waals surface area contributed by atoms with Crippen LogP contribution in [0.15, 0.2) is 0 Å². The summed E-state index contributed by atoms with van der Waals surface area (Å²) in [5.41, 5.74) is 0. The van der Waals surface area contributed by atoms with Gasteiger partial charge in [-0.3, -0.25) is 4.79 Å². The van der Waals surface area contributed by atoms with Crippen molar-refractivity contribution in [3.05, 3.63) is 0 Å². The van der Waals surface area contributed by atoms with Crippen molar-refractivity contribution in [3.8, 4) is 0 Å². The lowest BCUT2D eigenvalue weighted by atomic mass is 10.1. The Labute approximate surface area is 96.3 Å². The molecule has 90 valence electrons. The number of rotatable bonds is 3. The zero-order valence-electron chi connectivity index (χ0n) is 9.82. The smallest absolute Gasteiger partial charge is 0.240 e. The molecular weight excluding hydrogens is 204 g/mol. The Hall–Kier alpha value is -0.610. The Bertz CT molecular complexity index is 291. The Kier molecular flexibility index (Phi) is 2.64. The molecule has 1 saturated carbocycles. The van der Waals surface area contributed by atoms with Gasteiger partial charge in [-0.05, 0) is 32.6 Å². The van der Waals surface area contributed by atoms with Crippen LogP contribution in [0.3, 0.4) is 0 Å². The Morgan fingerprint density at radius 1 is 1.31 bits per heavy atom. The maximum Gasteiger partial charge on any atom is 0.240 e. The fourth-order valence-corrected chi connectivity index (χ4v) is 2.85. The second-order valence-corrected chi connectivity index (χ2v) is 5.25. The third kappa shape index (κ3) is 1.84. The molecule has 1 aliphatic carbocycles. The standard InChI is InChI=1S/C12H20N2O2/c1-8-11(5-7-16-8)14-6-4-10(12(14)15)13-9-2-3-9/h8-11,13H,2-7H2,1H3. The summed E-state index contributed by atoms with van der Waals surface area (Å²) < 4.78 is 5.54. The van der Waals surface area contributed by atoms with Crippen molar-refractivity contribution < 1.29 is 9.53 Å². The summed E-state index contributed by atoms with van der Waals surface area (Å²) in [5.74, 6) is 0.300. The molecule has 3 rings (SSSR count). The van der Waals surface area contributed by atoms with Gasteiger partial charge in [0.1, 0.15) is 0 Å². The average Bonchev–Trinajstić information content (AvgIpc) is 2.88. The highest BCUT2D eigenvalue weighted by molar-refractivity contribution is 5.84. The molecule has 3 fully saturated rings. The molecule has 4 heteroatoms. The molecule has 3 aliphatic rings. The molecular formula is C12H20N2O2. The summed E-state index contributed by atoms with van der Waals surface area (Å²) in [6.07, 6.45) is 4.67. The topological polar surface area (TPSA) is 41.6 Å². The minimum absolute atomic E-state index is 0.0836. The van der Waals surface area contributed by atoms with Crippen LogP contribution >= 0.6 is 0 Å². The van der Waals surface area contributed by atoms with Gasteiger partial charge in [0, 0.05) is 19.2 Å². The molecule has 3 unspecified atom stereocenters. The van der Waals surface area contributed by atoms with Crippen LogP contribution in [0.2, 0.25) is 0 Å². The van der Waals surface area contributed by atoms with Crippen molar-refractivity contribution in [2.45, 2.75) is 56.8 Å². The number of hydrogen-bond donors (Lipinski definition) is 1. The van der Waals surface area contributed by atoms with Gasteiger partial charge in [0.2, 0.25) is 5.91 Å². The van der Waals surface area contributed by atoms with E-state index in [1.807, 2.05) is 4.90 Å².